The Morgan fingerprint density at radius 2 is 0.804 bits per heavy atom. The maximum Gasteiger partial charge on any atom is 0.258 e. The van der Waals surface area contributed by atoms with Gasteiger partial charge in [-0.05, 0) is 89.2 Å². The summed E-state index contributed by atoms with van der Waals surface area (Å²) >= 11 is 0. The lowest BCUT2D eigenvalue weighted by Crippen LogP contribution is -2.59. The van der Waals surface area contributed by atoms with Crippen LogP contribution in [0.2, 0.25) is 0 Å². The molecule has 5 aromatic heterocycles. The Kier molecular flexibility index (Phi) is 3.09. The molecule has 0 bridgehead atoms. The average Bonchev–Trinajstić information content (AvgIpc) is 3.87. The third-order valence-electron chi connectivity index (χ3n) is 11.6. The van der Waals surface area contributed by atoms with Gasteiger partial charge in [-0.1, -0.05) is 48.5 Å². The fourth-order valence-corrected chi connectivity index (χ4v) is 10.2. The minimum atomic E-state index is 0.133. The third-order valence-corrected chi connectivity index (χ3v) is 11.6. The number of hydrogen-bond acceptors (Lipinski definition) is 0. The van der Waals surface area contributed by atoms with Gasteiger partial charge in [-0.3, -0.25) is 17.9 Å². The van der Waals surface area contributed by atoms with Gasteiger partial charge in [0.1, 0.15) is 11.3 Å². The van der Waals surface area contributed by atoms with Gasteiger partial charge in [-0.2, -0.15) is 0 Å². The van der Waals surface area contributed by atoms with E-state index in [9.17, 15) is 0 Å². The number of para-hydroxylation sites is 5. The van der Waals surface area contributed by atoms with Crippen molar-refractivity contribution in [2.45, 2.75) is 0 Å². The first kappa shape index (κ1) is 21.5. The van der Waals surface area contributed by atoms with Gasteiger partial charge in [0.05, 0.1) is 44.1 Å². The summed E-state index contributed by atoms with van der Waals surface area (Å²) < 4.78 is 12.7. The zero-order valence-electron chi connectivity index (χ0n) is 24.4. The van der Waals surface area contributed by atoms with Crippen LogP contribution in [-0.2, 0) is 0 Å². The van der Waals surface area contributed by atoms with Crippen molar-refractivity contribution in [2.24, 2.45) is 0 Å². The summed E-state index contributed by atoms with van der Waals surface area (Å²) in [6.45, 7) is 0.133. The second-order valence-electron chi connectivity index (χ2n) is 13.3. The largest absolute Gasteiger partial charge is 0.309 e. The number of nitrogens with zero attached hydrogens (tertiary/aromatic N) is 5. The molecule has 0 unspecified atom stereocenters. The summed E-state index contributed by atoms with van der Waals surface area (Å²) in [6.07, 6.45) is 0. The highest BCUT2D eigenvalue weighted by molar-refractivity contribution is 7.03. The quantitative estimate of drug-likeness (QED) is 0.188. The molecule has 208 valence electrons. The number of imidazole rings is 2. The molecule has 14 rings (SSSR count). The van der Waals surface area contributed by atoms with Crippen LogP contribution in [0.3, 0.4) is 0 Å². The molecule has 0 radical (unpaired) electrons. The first-order chi connectivity index (χ1) is 22.9. The van der Waals surface area contributed by atoms with Crippen LogP contribution in [0.25, 0.3) is 94.0 Å². The Hall–Kier alpha value is -6.14. The van der Waals surface area contributed by atoms with Crippen molar-refractivity contribution in [1.29, 1.82) is 0 Å². The predicted molar refractivity (Wildman–Crippen MR) is 190 cm³/mol. The zero-order chi connectivity index (χ0) is 29.2. The lowest BCUT2D eigenvalue weighted by atomic mass is 9.34. The molecule has 0 N–H and O–H groups in total. The third kappa shape index (κ3) is 1.92. The smallest absolute Gasteiger partial charge is 0.258 e. The van der Waals surface area contributed by atoms with Crippen molar-refractivity contribution >= 4 is 100 Å². The van der Waals surface area contributed by atoms with Crippen molar-refractivity contribution in [3.05, 3.63) is 121 Å². The molecule has 0 saturated carbocycles. The van der Waals surface area contributed by atoms with Crippen LogP contribution in [0.15, 0.2) is 121 Å². The number of hydrogen-bond donors (Lipinski definition) is 0. The average molecular weight is 581 g/mol. The molecule has 0 atom stereocenters. The number of aromatic nitrogens is 5. The van der Waals surface area contributed by atoms with E-state index in [-0.39, 0.29) is 6.71 Å². The molecule has 46 heavy (non-hydrogen) atoms. The van der Waals surface area contributed by atoms with Gasteiger partial charge in [0.25, 0.3) is 6.71 Å². The molecule has 0 saturated heterocycles. The fourth-order valence-electron chi connectivity index (χ4n) is 10.2. The van der Waals surface area contributed by atoms with Gasteiger partial charge in [0, 0.05) is 38.6 Å². The van der Waals surface area contributed by atoms with E-state index in [1.165, 1.54) is 110 Å². The highest BCUT2D eigenvalue weighted by atomic mass is 15.2. The van der Waals surface area contributed by atoms with E-state index < -0.39 is 0 Å². The summed E-state index contributed by atoms with van der Waals surface area (Å²) in [6, 6.07) is 45.3. The van der Waals surface area contributed by atoms with E-state index in [2.05, 4.69) is 144 Å². The highest BCUT2D eigenvalue weighted by Crippen LogP contribution is 2.47. The Morgan fingerprint density at radius 3 is 1.35 bits per heavy atom. The van der Waals surface area contributed by atoms with Gasteiger partial charge in [0.2, 0.25) is 0 Å². The molecule has 0 aliphatic carbocycles. The van der Waals surface area contributed by atoms with Crippen molar-refractivity contribution in [2.75, 3.05) is 0 Å². The van der Waals surface area contributed by atoms with E-state index in [1.54, 1.807) is 0 Å². The summed E-state index contributed by atoms with van der Waals surface area (Å²) in [7, 11) is 0. The maximum absolute atomic E-state index is 2.56. The molecule has 6 heteroatoms. The molecular formula is C40H20BN5. The highest BCUT2D eigenvalue weighted by Gasteiger charge is 2.47. The zero-order valence-corrected chi connectivity index (χ0v) is 24.4. The number of rotatable bonds is 1. The molecule has 11 aromatic rings. The van der Waals surface area contributed by atoms with Crippen LogP contribution in [0.1, 0.15) is 0 Å². The summed E-state index contributed by atoms with van der Waals surface area (Å²) in [5.74, 6) is 0. The molecule has 3 aliphatic rings. The minimum absolute atomic E-state index is 0.133. The number of fused-ring (bicyclic) bond motifs is 10. The van der Waals surface area contributed by atoms with E-state index in [0.717, 1.165) is 0 Å². The summed E-state index contributed by atoms with van der Waals surface area (Å²) in [5, 5.41) is 5.58. The summed E-state index contributed by atoms with van der Waals surface area (Å²) in [5.41, 5.74) is 20.9. The van der Waals surface area contributed by atoms with Gasteiger partial charge in [-0.25, -0.2) is 0 Å². The molecule has 6 aromatic carbocycles. The van der Waals surface area contributed by atoms with E-state index in [1.807, 2.05) is 0 Å². The van der Waals surface area contributed by atoms with Crippen molar-refractivity contribution < 1.29 is 0 Å². The van der Waals surface area contributed by atoms with Crippen LogP contribution in [-0.4, -0.2) is 29.2 Å². The lowest BCUT2D eigenvalue weighted by molar-refractivity contribution is 1.12. The van der Waals surface area contributed by atoms with Crippen LogP contribution >= 0.6 is 0 Å². The van der Waals surface area contributed by atoms with Crippen molar-refractivity contribution in [3.63, 3.8) is 0 Å². The van der Waals surface area contributed by atoms with Crippen LogP contribution in [0, 0.1) is 0 Å². The Morgan fingerprint density at radius 1 is 0.326 bits per heavy atom. The lowest BCUT2D eigenvalue weighted by Gasteiger charge is -2.31. The predicted octanol–water partition coefficient (Wildman–Crippen LogP) is 6.94. The molecule has 0 spiro atoms. The number of benzene rings is 6. The molecular weight excluding hydrogens is 561 g/mol. The standard InChI is InChI=1S/C40H20BN5/c1-2-9-21(10-3-1)42-26-17-19-28-34-32(26)33-27(42)18-20-29-35(33)38-40-44(29)23-12-5-7-14-25(23)46(40)31-16-8-15-30-36(31)41(38)37(34)39-43(28)22-11-4-6-13-24(22)45(30)39/h1-20H. The Bertz CT molecular complexity index is 3110. The normalized spacial score (nSPS) is 14.0. The second kappa shape index (κ2) is 6.60. The SMILES string of the molecule is c1ccc(-n2c3ccc4c5c6c7n(c8ccccc8n47)-c4cccc7c4B6c4c6c(c53)c2ccc6n2c3ccccc3n-7c42)cc1. The monoisotopic (exact) mass is 581 g/mol. The fraction of sp³-hybridized carbons (Fsp3) is 0. The molecule has 0 fully saturated rings. The first-order valence-corrected chi connectivity index (χ1v) is 16.1. The topological polar surface area (TPSA) is 23.6 Å². The van der Waals surface area contributed by atoms with Crippen molar-refractivity contribution in [1.82, 2.24) is 22.5 Å². The van der Waals surface area contributed by atoms with Gasteiger partial charge in [0.15, 0.2) is 0 Å². The van der Waals surface area contributed by atoms with Gasteiger partial charge in [-0.15, -0.1) is 0 Å². The first-order valence-electron chi connectivity index (χ1n) is 16.1. The molecule has 0 amide bonds. The Labute approximate surface area is 260 Å². The second-order valence-corrected chi connectivity index (χ2v) is 13.3. The molecule has 3 aliphatic heterocycles. The van der Waals surface area contributed by atoms with Crippen LogP contribution in [0.4, 0.5) is 0 Å². The van der Waals surface area contributed by atoms with E-state index in [0.29, 0.717) is 0 Å². The van der Waals surface area contributed by atoms with Gasteiger partial charge >= 0.3 is 0 Å². The van der Waals surface area contributed by atoms with Gasteiger partial charge < -0.3 is 4.57 Å². The summed E-state index contributed by atoms with van der Waals surface area (Å²) in [4.78, 5) is 0. The van der Waals surface area contributed by atoms with E-state index in [4.69, 9.17) is 0 Å². The van der Waals surface area contributed by atoms with Crippen LogP contribution in [0.5, 0.6) is 0 Å². The van der Waals surface area contributed by atoms with E-state index >= 15 is 0 Å². The molecule has 5 nitrogen and oxygen atoms in total. The Balaban J connectivity index is 1.40. The van der Waals surface area contributed by atoms with Crippen molar-refractivity contribution in [3.8, 4) is 17.1 Å². The van der Waals surface area contributed by atoms with Crippen LogP contribution < -0.4 is 16.4 Å². The minimum Gasteiger partial charge on any atom is -0.309 e. The molecule has 8 heterocycles. The maximum atomic E-state index is 2.56.